The molecule has 3 rings (SSSR count). The van der Waals surface area contributed by atoms with Crippen molar-refractivity contribution in [2.75, 3.05) is 28.7 Å². The minimum absolute atomic E-state index is 0.0328. The molecule has 30 heavy (non-hydrogen) atoms. The molecule has 3 N–H and O–H groups in total. The van der Waals surface area contributed by atoms with Crippen LogP contribution in [0.3, 0.4) is 0 Å². The first-order chi connectivity index (χ1) is 14.5. The maximum atomic E-state index is 13.4. The summed E-state index contributed by atoms with van der Waals surface area (Å²) in [5.41, 5.74) is 6.75. The predicted molar refractivity (Wildman–Crippen MR) is 127 cm³/mol. The van der Waals surface area contributed by atoms with Gasteiger partial charge in [-0.2, -0.15) is 0 Å². The van der Waals surface area contributed by atoms with Gasteiger partial charge in [-0.05, 0) is 30.5 Å². The standard InChI is InChI=1S/C21H28N4O3S2/c1-3-5-11-24(16-17(22)25(10-4-2)21(28)23-18(16)26)19(27)14-6-8-15(9-7-14)20-29-12-13-30-20/h6-9,20H,3-5,10-13,22H2,1-2H3,(H,23,26,28). The Balaban J connectivity index is 1.98. The number of nitrogens with zero attached hydrogens (tertiary/aromatic N) is 2. The second-order valence-electron chi connectivity index (χ2n) is 7.15. The number of hydrogen-bond donors (Lipinski definition) is 2. The summed E-state index contributed by atoms with van der Waals surface area (Å²) < 4.78 is 1.72. The monoisotopic (exact) mass is 448 g/mol. The number of carbonyl (C=O) groups is 1. The second kappa shape index (κ2) is 10.3. The quantitative estimate of drug-likeness (QED) is 0.641. The van der Waals surface area contributed by atoms with Gasteiger partial charge < -0.3 is 10.6 Å². The number of benzene rings is 1. The smallest absolute Gasteiger partial charge is 0.330 e. The van der Waals surface area contributed by atoms with Crippen molar-refractivity contribution in [3.05, 3.63) is 56.2 Å². The molecule has 1 fully saturated rings. The first-order valence-electron chi connectivity index (χ1n) is 10.3. The zero-order chi connectivity index (χ0) is 21.7. The lowest BCUT2D eigenvalue weighted by molar-refractivity contribution is 0.0986. The summed E-state index contributed by atoms with van der Waals surface area (Å²) in [7, 11) is 0. The minimum atomic E-state index is -0.635. The lowest BCUT2D eigenvalue weighted by atomic mass is 10.1. The summed E-state index contributed by atoms with van der Waals surface area (Å²) in [5, 5.41) is 0. The van der Waals surface area contributed by atoms with Crippen molar-refractivity contribution in [3.8, 4) is 0 Å². The van der Waals surface area contributed by atoms with Crippen LogP contribution in [0.15, 0.2) is 33.9 Å². The van der Waals surface area contributed by atoms with E-state index < -0.39 is 11.2 Å². The van der Waals surface area contributed by atoms with E-state index in [1.165, 1.54) is 15.0 Å². The van der Waals surface area contributed by atoms with Crippen LogP contribution in [0.2, 0.25) is 0 Å². The molecule has 1 aliphatic rings. The van der Waals surface area contributed by atoms with Gasteiger partial charge in [-0.15, -0.1) is 23.5 Å². The Bertz CT molecular complexity index is 995. The highest BCUT2D eigenvalue weighted by Crippen LogP contribution is 2.45. The Morgan fingerprint density at radius 3 is 2.43 bits per heavy atom. The minimum Gasteiger partial charge on any atom is -0.383 e. The van der Waals surface area contributed by atoms with Crippen LogP contribution in [0.1, 0.15) is 53.6 Å². The molecule has 9 heteroatoms. The number of aromatic nitrogens is 2. The fraction of sp³-hybridized carbons (Fsp3) is 0.476. The van der Waals surface area contributed by atoms with Crippen molar-refractivity contribution in [2.45, 2.75) is 44.2 Å². The third-order valence-corrected chi connectivity index (χ3v) is 8.07. The normalized spacial score (nSPS) is 14.2. The third kappa shape index (κ3) is 4.78. The van der Waals surface area contributed by atoms with Crippen LogP contribution < -0.4 is 21.9 Å². The van der Waals surface area contributed by atoms with Crippen LogP contribution in [0.25, 0.3) is 0 Å². The highest BCUT2D eigenvalue weighted by molar-refractivity contribution is 8.19. The molecule has 0 saturated carbocycles. The topological polar surface area (TPSA) is 101 Å². The molecule has 0 radical (unpaired) electrons. The fourth-order valence-electron chi connectivity index (χ4n) is 3.40. The number of nitrogens with two attached hydrogens (primary N) is 1. The molecule has 1 aliphatic heterocycles. The van der Waals surface area contributed by atoms with Crippen molar-refractivity contribution in [3.63, 3.8) is 0 Å². The molecule has 0 bridgehead atoms. The van der Waals surface area contributed by atoms with Crippen molar-refractivity contribution < 1.29 is 4.79 Å². The predicted octanol–water partition coefficient (Wildman–Crippen LogP) is 3.45. The van der Waals surface area contributed by atoms with Gasteiger partial charge in [-0.25, -0.2) is 4.79 Å². The number of thioether (sulfide) groups is 2. The van der Waals surface area contributed by atoms with E-state index >= 15 is 0 Å². The summed E-state index contributed by atoms with van der Waals surface area (Å²) in [6, 6.07) is 7.57. The largest absolute Gasteiger partial charge is 0.383 e. The number of hydrogen-bond acceptors (Lipinski definition) is 6. The molecule has 7 nitrogen and oxygen atoms in total. The van der Waals surface area contributed by atoms with Crippen LogP contribution in [-0.4, -0.2) is 33.5 Å². The van der Waals surface area contributed by atoms with E-state index in [4.69, 9.17) is 5.73 Å². The summed E-state index contributed by atoms with van der Waals surface area (Å²) in [6.45, 7) is 4.65. The van der Waals surface area contributed by atoms with Crippen LogP contribution in [-0.2, 0) is 6.54 Å². The average molecular weight is 449 g/mol. The van der Waals surface area contributed by atoms with Gasteiger partial charge in [0, 0.05) is 30.2 Å². The van der Waals surface area contributed by atoms with E-state index in [2.05, 4.69) is 4.98 Å². The van der Waals surface area contributed by atoms with E-state index in [0.29, 0.717) is 36.1 Å². The molecule has 1 aromatic heterocycles. The lowest BCUT2D eigenvalue weighted by Gasteiger charge is -2.24. The number of nitrogens with one attached hydrogen (secondary N) is 1. The SMILES string of the molecule is CCCCN(C(=O)c1ccc(C2SCCS2)cc1)c1c(N)n(CCC)c(=O)[nH]c1=O. The molecule has 2 heterocycles. The van der Waals surface area contributed by atoms with Crippen molar-refractivity contribution in [1.29, 1.82) is 0 Å². The number of H-pyrrole nitrogens is 1. The summed E-state index contributed by atoms with van der Waals surface area (Å²) >= 11 is 3.82. The molecule has 0 unspecified atom stereocenters. The van der Waals surface area contributed by atoms with Gasteiger partial charge in [0.05, 0.1) is 4.58 Å². The number of amides is 1. The van der Waals surface area contributed by atoms with Crippen LogP contribution in [0.4, 0.5) is 11.5 Å². The Morgan fingerprint density at radius 1 is 1.17 bits per heavy atom. The molecular formula is C21H28N4O3S2. The van der Waals surface area contributed by atoms with Gasteiger partial charge in [-0.1, -0.05) is 32.4 Å². The lowest BCUT2D eigenvalue weighted by Crippen LogP contribution is -2.41. The van der Waals surface area contributed by atoms with Gasteiger partial charge >= 0.3 is 5.69 Å². The molecule has 2 aromatic rings. The van der Waals surface area contributed by atoms with Crippen molar-refractivity contribution in [2.24, 2.45) is 0 Å². The first kappa shape index (κ1) is 22.6. The number of anilines is 2. The number of rotatable bonds is 8. The van der Waals surface area contributed by atoms with E-state index in [9.17, 15) is 14.4 Å². The van der Waals surface area contributed by atoms with Crippen LogP contribution in [0.5, 0.6) is 0 Å². The van der Waals surface area contributed by atoms with Gasteiger partial charge in [0.15, 0.2) is 5.69 Å². The second-order valence-corrected chi connectivity index (χ2v) is 9.87. The maximum absolute atomic E-state index is 13.4. The Morgan fingerprint density at radius 2 is 1.83 bits per heavy atom. The number of carbonyl (C=O) groups excluding carboxylic acids is 1. The van der Waals surface area contributed by atoms with Crippen molar-refractivity contribution >= 4 is 40.9 Å². The van der Waals surface area contributed by atoms with Crippen molar-refractivity contribution in [1.82, 2.24) is 9.55 Å². The van der Waals surface area contributed by atoms with Crippen LogP contribution >= 0.6 is 23.5 Å². The molecule has 1 aromatic carbocycles. The number of unbranched alkanes of at least 4 members (excludes halogenated alkanes) is 1. The number of nitrogen functional groups attached to an aromatic ring is 1. The summed E-state index contributed by atoms with van der Waals surface area (Å²) in [5.74, 6) is 2.01. The van der Waals surface area contributed by atoms with E-state index in [0.717, 1.165) is 17.9 Å². The third-order valence-electron chi connectivity index (χ3n) is 4.96. The summed E-state index contributed by atoms with van der Waals surface area (Å²) in [4.78, 5) is 41.9. The Labute approximate surface area is 184 Å². The van der Waals surface area contributed by atoms with Crippen LogP contribution in [0, 0.1) is 0 Å². The molecule has 1 amide bonds. The molecule has 0 spiro atoms. The maximum Gasteiger partial charge on any atom is 0.330 e. The van der Waals surface area contributed by atoms with Gasteiger partial charge in [-0.3, -0.25) is 19.1 Å². The first-order valence-corrected chi connectivity index (χ1v) is 12.3. The van der Waals surface area contributed by atoms with E-state index in [1.54, 1.807) is 0 Å². The molecule has 162 valence electrons. The van der Waals surface area contributed by atoms with Gasteiger partial charge in [0.2, 0.25) is 0 Å². The molecule has 1 saturated heterocycles. The van der Waals surface area contributed by atoms with E-state index in [1.807, 2.05) is 61.6 Å². The van der Waals surface area contributed by atoms with Gasteiger partial charge in [0.25, 0.3) is 11.5 Å². The van der Waals surface area contributed by atoms with Gasteiger partial charge in [0.1, 0.15) is 5.82 Å². The van der Waals surface area contributed by atoms with E-state index in [-0.39, 0.29) is 17.4 Å². The number of aromatic amines is 1. The average Bonchev–Trinajstić information content (AvgIpc) is 3.28. The zero-order valence-corrected chi connectivity index (χ0v) is 19.0. The molecule has 0 atom stereocenters. The Hall–Kier alpha value is -2.13. The summed E-state index contributed by atoms with van der Waals surface area (Å²) in [6.07, 6.45) is 2.24. The highest BCUT2D eigenvalue weighted by atomic mass is 32.2. The highest BCUT2D eigenvalue weighted by Gasteiger charge is 2.25. The zero-order valence-electron chi connectivity index (χ0n) is 17.3. The fourth-order valence-corrected chi connectivity index (χ4v) is 6.26. The molecular weight excluding hydrogens is 420 g/mol. The molecule has 0 aliphatic carbocycles. The Kier molecular flexibility index (Phi) is 7.71.